The zero-order chi connectivity index (χ0) is 17.6. The predicted molar refractivity (Wildman–Crippen MR) is 94.7 cm³/mol. The lowest BCUT2D eigenvalue weighted by Crippen LogP contribution is -2.40. The zero-order valence-corrected chi connectivity index (χ0v) is 14.8. The van der Waals surface area contributed by atoms with E-state index in [1.807, 2.05) is 4.90 Å². The fraction of sp³-hybridized carbons (Fsp3) is 0.579. The van der Waals surface area contributed by atoms with Crippen LogP contribution in [0.15, 0.2) is 18.2 Å². The van der Waals surface area contributed by atoms with Gasteiger partial charge < -0.3 is 19.7 Å². The third kappa shape index (κ3) is 4.65. The quantitative estimate of drug-likeness (QED) is 0.831. The van der Waals surface area contributed by atoms with Crippen LogP contribution in [0.5, 0.6) is 11.5 Å². The molecule has 6 heteroatoms. The molecule has 0 saturated heterocycles. The molecular weight excluding hydrogens is 320 g/mol. The molecule has 1 fully saturated rings. The Balaban J connectivity index is 1.53. The summed E-state index contributed by atoms with van der Waals surface area (Å²) in [5.74, 6) is 1.29. The van der Waals surface area contributed by atoms with E-state index in [0.29, 0.717) is 30.2 Å². The molecule has 1 aromatic rings. The molecular formula is C19H26N2O4. The van der Waals surface area contributed by atoms with Gasteiger partial charge in [0, 0.05) is 37.7 Å². The number of anilines is 1. The van der Waals surface area contributed by atoms with Gasteiger partial charge in [-0.1, -0.05) is 25.7 Å². The minimum atomic E-state index is -0.0984. The van der Waals surface area contributed by atoms with E-state index in [0.717, 1.165) is 25.7 Å². The first-order valence-electron chi connectivity index (χ1n) is 9.10. The number of rotatable bonds is 5. The summed E-state index contributed by atoms with van der Waals surface area (Å²) in [4.78, 5) is 26.2. The fourth-order valence-corrected chi connectivity index (χ4v) is 3.59. The average Bonchev–Trinajstić information content (AvgIpc) is 2.88. The van der Waals surface area contributed by atoms with E-state index >= 15 is 0 Å². The van der Waals surface area contributed by atoms with Crippen molar-refractivity contribution in [2.24, 2.45) is 0 Å². The van der Waals surface area contributed by atoms with Gasteiger partial charge in [-0.3, -0.25) is 9.59 Å². The van der Waals surface area contributed by atoms with Crippen LogP contribution in [0.4, 0.5) is 5.69 Å². The van der Waals surface area contributed by atoms with Crippen molar-refractivity contribution in [2.45, 2.75) is 57.9 Å². The second kappa shape index (κ2) is 8.23. The van der Waals surface area contributed by atoms with Crippen molar-refractivity contribution in [1.82, 2.24) is 4.90 Å². The van der Waals surface area contributed by atoms with Crippen molar-refractivity contribution < 1.29 is 19.1 Å². The number of ether oxygens (including phenoxy) is 2. The molecule has 0 spiro atoms. The van der Waals surface area contributed by atoms with Gasteiger partial charge in [0.1, 0.15) is 0 Å². The van der Waals surface area contributed by atoms with Gasteiger partial charge in [0.15, 0.2) is 11.5 Å². The van der Waals surface area contributed by atoms with Crippen LogP contribution in [0, 0.1) is 0 Å². The third-order valence-corrected chi connectivity index (χ3v) is 4.91. The van der Waals surface area contributed by atoms with Crippen molar-refractivity contribution in [1.29, 1.82) is 0 Å². The number of hydrogen-bond donors (Lipinski definition) is 1. The highest BCUT2D eigenvalue weighted by molar-refractivity contribution is 5.91. The number of hydrogen-bond acceptors (Lipinski definition) is 4. The summed E-state index contributed by atoms with van der Waals surface area (Å²) < 4.78 is 10.6. The Morgan fingerprint density at radius 3 is 2.56 bits per heavy atom. The highest BCUT2D eigenvalue weighted by Gasteiger charge is 2.23. The molecule has 1 aliphatic carbocycles. The molecule has 0 radical (unpaired) electrons. The van der Waals surface area contributed by atoms with Crippen molar-refractivity contribution in [2.75, 3.05) is 18.7 Å². The smallest absolute Gasteiger partial charge is 0.231 e. The summed E-state index contributed by atoms with van der Waals surface area (Å²) in [5, 5.41) is 2.87. The van der Waals surface area contributed by atoms with Gasteiger partial charge in [0.25, 0.3) is 0 Å². The van der Waals surface area contributed by atoms with Crippen LogP contribution in [0.2, 0.25) is 0 Å². The van der Waals surface area contributed by atoms with Crippen molar-refractivity contribution >= 4 is 17.5 Å². The third-order valence-electron chi connectivity index (χ3n) is 4.91. The zero-order valence-electron chi connectivity index (χ0n) is 14.8. The molecule has 0 aromatic heterocycles. The Hall–Kier alpha value is -2.24. The number of fused-ring (bicyclic) bond motifs is 1. The number of carbonyl (C=O) groups is 2. The molecule has 1 saturated carbocycles. The van der Waals surface area contributed by atoms with Gasteiger partial charge >= 0.3 is 0 Å². The Morgan fingerprint density at radius 2 is 1.84 bits per heavy atom. The molecule has 2 aliphatic rings. The minimum Gasteiger partial charge on any atom is -0.454 e. The van der Waals surface area contributed by atoms with E-state index < -0.39 is 0 Å². The van der Waals surface area contributed by atoms with Crippen molar-refractivity contribution in [3.05, 3.63) is 18.2 Å². The van der Waals surface area contributed by atoms with Gasteiger partial charge in [-0.25, -0.2) is 0 Å². The average molecular weight is 346 g/mol. The van der Waals surface area contributed by atoms with Gasteiger partial charge in [0.05, 0.1) is 0 Å². The van der Waals surface area contributed by atoms with Crippen LogP contribution >= 0.6 is 0 Å². The van der Waals surface area contributed by atoms with E-state index in [4.69, 9.17) is 9.47 Å². The SMILES string of the molecule is CC(=O)N(CCC(=O)Nc1ccc2c(c1)OCO2)C1CCCCCC1. The number of nitrogens with zero attached hydrogens (tertiary/aromatic N) is 1. The molecule has 0 atom stereocenters. The fourth-order valence-electron chi connectivity index (χ4n) is 3.59. The number of carbonyl (C=O) groups excluding carboxylic acids is 2. The lowest BCUT2D eigenvalue weighted by Gasteiger charge is -2.30. The van der Waals surface area contributed by atoms with E-state index in [2.05, 4.69) is 5.32 Å². The van der Waals surface area contributed by atoms with Crippen LogP contribution in [0.3, 0.4) is 0 Å². The molecule has 25 heavy (non-hydrogen) atoms. The molecule has 1 aromatic carbocycles. The molecule has 6 nitrogen and oxygen atoms in total. The van der Waals surface area contributed by atoms with Crippen molar-refractivity contribution in [3.8, 4) is 11.5 Å². The Morgan fingerprint density at radius 1 is 1.12 bits per heavy atom. The molecule has 136 valence electrons. The highest BCUT2D eigenvalue weighted by atomic mass is 16.7. The molecule has 1 N–H and O–H groups in total. The molecule has 0 unspecified atom stereocenters. The summed E-state index contributed by atoms with van der Waals surface area (Å²) >= 11 is 0. The van der Waals surface area contributed by atoms with Gasteiger partial charge in [0.2, 0.25) is 18.6 Å². The number of benzene rings is 1. The maximum atomic E-state index is 12.3. The molecule has 3 rings (SSSR count). The Kier molecular flexibility index (Phi) is 5.79. The maximum Gasteiger partial charge on any atom is 0.231 e. The summed E-state index contributed by atoms with van der Waals surface area (Å²) in [6.07, 6.45) is 7.20. The Bertz CT molecular complexity index is 624. The second-order valence-electron chi connectivity index (χ2n) is 6.72. The lowest BCUT2D eigenvalue weighted by molar-refractivity contribution is -0.131. The van der Waals surface area contributed by atoms with Crippen LogP contribution < -0.4 is 14.8 Å². The van der Waals surface area contributed by atoms with E-state index in [-0.39, 0.29) is 24.6 Å². The summed E-state index contributed by atoms with van der Waals surface area (Å²) in [7, 11) is 0. The summed E-state index contributed by atoms with van der Waals surface area (Å²) in [6.45, 7) is 2.28. The van der Waals surface area contributed by atoms with Gasteiger partial charge in [-0.15, -0.1) is 0 Å². The Labute approximate surface area is 148 Å². The first-order valence-corrected chi connectivity index (χ1v) is 9.10. The standard InChI is InChI=1S/C19H26N2O4/c1-14(22)21(16-6-4-2-3-5-7-16)11-10-19(23)20-15-8-9-17-18(12-15)25-13-24-17/h8-9,12,16H,2-7,10-11,13H2,1H3,(H,20,23). The topological polar surface area (TPSA) is 67.9 Å². The van der Waals surface area contributed by atoms with Gasteiger partial charge in [-0.2, -0.15) is 0 Å². The largest absolute Gasteiger partial charge is 0.454 e. The summed E-state index contributed by atoms with van der Waals surface area (Å²) in [6, 6.07) is 5.61. The van der Waals surface area contributed by atoms with Crippen LogP contribution in [0.1, 0.15) is 51.9 Å². The minimum absolute atomic E-state index is 0.0581. The molecule has 2 amide bonds. The first-order chi connectivity index (χ1) is 12.1. The first kappa shape index (κ1) is 17.6. The maximum absolute atomic E-state index is 12.3. The van der Waals surface area contributed by atoms with Crippen LogP contribution in [-0.2, 0) is 9.59 Å². The number of nitrogens with one attached hydrogen (secondary N) is 1. The molecule has 0 bridgehead atoms. The van der Waals surface area contributed by atoms with Crippen LogP contribution in [0.25, 0.3) is 0 Å². The van der Waals surface area contributed by atoms with E-state index in [1.165, 1.54) is 12.8 Å². The number of amides is 2. The lowest BCUT2D eigenvalue weighted by atomic mass is 10.1. The second-order valence-corrected chi connectivity index (χ2v) is 6.72. The highest BCUT2D eigenvalue weighted by Crippen LogP contribution is 2.34. The van der Waals surface area contributed by atoms with Crippen LogP contribution in [-0.4, -0.2) is 36.1 Å². The molecule has 1 heterocycles. The normalized spacial score (nSPS) is 17.0. The predicted octanol–water partition coefficient (Wildman–Crippen LogP) is 3.32. The van der Waals surface area contributed by atoms with Gasteiger partial charge in [-0.05, 0) is 25.0 Å². The van der Waals surface area contributed by atoms with Crippen molar-refractivity contribution in [3.63, 3.8) is 0 Å². The van der Waals surface area contributed by atoms with E-state index in [1.54, 1.807) is 25.1 Å². The van der Waals surface area contributed by atoms with E-state index in [9.17, 15) is 9.59 Å². The monoisotopic (exact) mass is 346 g/mol. The molecule has 1 aliphatic heterocycles. The summed E-state index contributed by atoms with van der Waals surface area (Å²) in [5.41, 5.74) is 0.679.